The molecule has 5 nitrogen and oxygen atoms in total. The van der Waals surface area contributed by atoms with Crippen molar-refractivity contribution in [1.82, 2.24) is 10.6 Å². The molecule has 0 spiro atoms. The van der Waals surface area contributed by atoms with E-state index in [0.29, 0.717) is 13.0 Å². The molecular formula is C14H17N3O2. The van der Waals surface area contributed by atoms with Gasteiger partial charge in [-0.3, -0.25) is 9.59 Å². The highest BCUT2D eigenvalue weighted by atomic mass is 16.2. The zero-order valence-corrected chi connectivity index (χ0v) is 10.6. The van der Waals surface area contributed by atoms with Gasteiger partial charge in [-0.1, -0.05) is 18.2 Å². The predicted molar refractivity (Wildman–Crippen MR) is 71.7 cm³/mol. The van der Waals surface area contributed by atoms with Crippen LogP contribution in [0.2, 0.25) is 0 Å². The molecule has 1 unspecified atom stereocenters. The van der Waals surface area contributed by atoms with Crippen LogP contribution in [0, 0.1) is 5.92 Å². The summed E-state index contributed by atoms with van der Waals surface area (Å²) in [5.74, 6) is 0.0115. The lowest BCUT2D eigenvalue weighted by atomic mass is 10.0. The van der Waals surface area contributed by atoms with Crippen LogP contribution in [0.5, 0.6) is 0 Å². The average molecular weight is 259 g/mol. The Morgan fingerprint density at radius 1 is 1.26 bits per heavy atom. The van der Waals surface area contributed by atoms with Crippen molar-refractivity contribution in [3.63, 3.8) is 0 Å². The number of para-hydroxylation sites is 1. The Balaban J connectivity index is 1.63. The first-order valence-corrected chi connectivity index (χ1v) is 6.63. The van der Waals surface area contributed by atoms with E-state index in [0.717, 1.165) is 18.8 Å². The minimum Gasteiger partial charge on any atom is -0.344 e. The largest absolute Gasteiger partial charge is 0.344 e. The number of benzene rings is 1. The molecule has 2 fully saturated rings. The Hall–Kier alpha value is -1.88. The number of hydrogen-bond donors (Lipinski definition) is 2. The lowest BCUT2D eigenvalue weighted by Crippen LogP contribution is -2.54. The number of carbonyl (C=O) groups is 2. The molecule has 0 radical (unpaired) electrons. The molecule has 2 saturated heterocycles. The molecule has 5 heteroatoms. The Kier molecular flexibility index (Phi) is 3.21. The van der Waals surface area contributed by atoms with Gasteiger partial charge in [0.15, 0.2) is 0 Å². The van der Waals surface area contributed by atoms with Crippen LogP contribution in [-0.2, 0) is 9.59 Å². The second-order valence-electron chi connectivity index (χ2n) is 5.03. The van der Waals surface area contributed by atoms with Gasteiger partial charge in [0.1, 0.15) is 6.04 Å². The number of anilines is 1. The lowest BCUT2D eigenvalue weighted by Gasteiger charge is -2.27. The van der Waals surface area contributed by atoms with Gasteiger partial charge in [-0.25, -0.2) is 0 Å². The number of rotatable bonds is 3. The lowest BCUT2D eigenvalue weighted by molar-refractivity contribution is -0.130. The van der Waals surface area contributed by atoms with Crippen LogP contribution in [0.15, 0.2) is 30.3 Å². The van der Waals surface area contributed by atoms with Gasteiger partial charge in [0, 0.05) is 25.3 Å². The van der Waals surface area contributed by atoms with Crippen molar-refractivity contribution in [1.29, 1.82) is 0 Å². The third-order valence-electron chi connectivity index (χ3n) is 3.74. The van der Waals surface area contributed by atoms with E-state index >= 15 is 0 Å². The van der Waals surface area contributed by atoms with Crippen LogP contribution < -0.4 is 15.5 Å². The first kappa shape index (κ1) is 12.2. The number of nitrogens with zero attached hydrogens (tertiary/aromatic N) is 1. The molecule has 1 aromatic rings. The maximum Gasteiger partial charge on any atom is 0.249 e. The molecule has 3 rings (SSSR count). The first-order valence-electron chi connectivity index (χ1n) is 6.63. The Morgan fingerprint density at radius 2 is 2.00 bits per heavy atom. The van der Waals surface area contributed by atoms with Crippen molar-refractivity contribution >= 4 is 17.5 Å². The highest BCUT2D eigenvalue weighted by molar-refractivity contribution is 6.01. The molecule has 1 atom stereocenters. The number of amides is 2. The third kappa shape index (κ3) is 2.33. The third-order valence-corrected chi connectivity index (χ3v) is 3.74. The summed E-state index contributed by atoms with van der Waals surface area (Å²) in [6.07, 6.45) is 0.680. The second kappa shape index (κ2) is 5.01. The van der Waals surface area contributed by atoms with Gasteiger partial charge in [0.05, 0.1) is 5.92 Å². The van der Waals surface area contributed by atoms with E-state index in [9.17, 15) is 9.59 Å². The molecule has 2 heterocycles. The number of nitrogens with one attached hydrogen (secondary N) is 2. The van der Waals surface area contributed by atoms with Crippen molar-refractivity contribution in [3.8, 4) is 0 Å². The van der Waals surface area contributed by atoms with E-state index in [1.807, 2.05) is 30.3 Å². The van der Waals surface area contributed by atoms with E-state index < -0.39 is 0 Å². The topological polar surface area (TPSA) is 61.4 Å². The van der Waals surface area contributed by atoms with Crippen LogP contribution in [0.4, 0.5) is 5.69 Å². The highest BCUT2D eigenvalue weighted by Gasteiger charge is 2.35. The summed E-state index contributed by atoms with van der Waals surface area (Å²) in [5, 5.41) is 5.92. The van der Waals surface area contributed by atoms with Crippen LogP contribution in [0.1, 0.15) is 6.42 Å². The standard InChI is InChI=1S/C14H17N3O2/c18-13(10-8-15-9-10)16-12-6-7-17(14(12)19)11-4-2-1-3-5-11/h1-5,10,12,15H,6-9H2,(H,16,18). The van der Waals surface area contributed by atoms with Crippen molar-refractivity contribution in [2.45, 2.75) is 12.5 Å². The van der Waals surface area contributed by atoms with E-state index in [1.54, 1.807) is 4.90 Å². The van der Waals surface area contributed by atoms with Crippen LogP contribution in [0.25, 0.3) is 0 Å². The Bertz CT molecular complexity index is 485. The summed E-state index contributed by atoms with van der Waals surface area (Å²) < 4.78 is 0. The van der Waals surface area contributed by atoms with Crippen LogP contribution in [-0.4, -0.2) is 37.5 Å². The molecule has 0 bridgehead atoms. The summed E-state index contributed by atoms with van der Waals surface area (Å²) in [4.78, 5) is 25.9. The zero-order chi connectivity index (χ0) is 13.2. The average Bonchev–Trinajstić information content (AvgIpc) is 2.70. The van der Waals surface area contributed by atoms with Crippen molar-refractivity contribution in [3.05, 3.63) is 30.3 Å². The fourth-order valence-electron chi connectivity index (χ4n) is 2.44. The quantitative estimate of drug-likeness (QED) is 0.811. The Morgan fingerprint density at radius 3 is 2.63 bits per heavy atom. The number of carbonyl (C=O) groups excluding carboxylic acids is 2. The fourth-order valence-corrected chi connectivity index (χ4v) is 2.44. The minimum atomic E-state index is -0.367. The molecule has 2 aliphatic heterocycles. The summed E-state index contributed by atoms with van der Waals surface area (Å²) >= 11 is 0. The molecule has 1 aromatic carbocycles. The Labute approximate surface area is 112 Å². The summed E-state index contributed by atoms with van der Waals surface area (Å²) in [7, 11) is 0. The molecule has 2 N–H and O–H groups in total. The smallest absolute Gasteiger partial charge is 0.249 e. The normalized spacial score (nSPS) is 23.3. The molecule has 2 amide bonds. The van der Waals surface area contributed by atoms with Crippen molar-refractivity contribution in [2.24, 2.45) is 5.92 Å². The van der Waals surface area contributed by atoms with E-state index in [2.05, 4.69) is 10.6 Å². The summed E-state index contributed by atoms with van der Waals surface area (Å²) in [6, 6.07) is 9.21. The van der Waals surface area contributed by atoms with Crippen LogP contribution >= 0.6 is 0 Å². The molecule has 0 aliphatic carbocycles. The van der Waals surface area contributed by atoms with Gasteiger partial charge < -0.3 is 15.5 Å². The maximum absolute atomic E-state index is 12.3. The maximum atomic E-state index is 12.3. The van der Waals surface area contributed by atoms with Gasteiger partial charge >= 0.3 is 0 Å². The SMILES string of the molecule is O=C(NC1CCN(c2ccccc2)C1=O)C1CNC1. The predicted octanol–water partition coefficient (Wildman–Crippen LogP) is 0.127. The molecule has 0 aromatic heterocycles. The fraction of sp³-hybridized carbons (Fsp3) is 0.429. The molecule has 100 valence electrons. The molecular weight excluding hydrogens is 242 g/mol. The zero-order valence-electron chi connectivity index (χ0n) is 10.6. The molecule has 19 heavy (non-hydrogen) atoms. The van der Waals surface area contributed by atoms with Crippen LogP contribution in [0.3, 0.4) is 0 Å². The van der Waals surface area contributed by atoms with Crippen molar-refractivity contribution in [2.75, 3.05) is 24.5 Å². The van der Waals surface area contributed by atoms with Gasteiger partial charge in [-0.05, 0) is 18.6 Å². The summed E-state index contributed by atoms with van der Waals surface area (Å²) in [5.41, 5.74) is 0.898. The van der Waals surface area contributed by atoms with E-state index in [1.165, 1.54) is 0 Å². The minimum absolute atomic E-state index is 0.00740. The highest BCUT2D eigenvalue weighted by Crippen LogP contribution is 2.21. The number of hydrogen-bond acceptors (Lipinski definition) is 3. The molecule has 0 saturated carbocycles. The molecule has 2 aliphatic rings. The monoisotopic (exact) mass is 259 g/mol. The summed E-state index contributed by atoms with van der Waals surface area (Å²) in [6.45, 7) is 2.10. The van der Waals surface area contributed by atoms with E-state index in [-0.39, 0.29) is 23.8 Å². The van der Waals surface area contributed by atoms with Gasteiger partial charge in [0.2, 0.25) is 11.8 Å². The van der Waals surface area contributed by atoms with Gasteiger partial charge in [-0.15, -0.1) is 0 Å². The van der Waals surface area contributed by atoms with Crippen molar-refractivity contribution < 1.29 is 9.59 Å². The van der Waals surface area contributed by atoms with Gasteiger partial charge in [-0.2, -0.15) is 0 Å². The van der Waals surface area contributed by atoms with E-state index in [4.69, 9.17) is 0 Å². The second-order valence-corrected chi connectivity index (χ2v) is 5.03. The first-order chi connectivity index (χ1) is 9.25. The van der Waals surface area contributed by atoms with Gasteiger partial charge in [0.25, 0.3) is 0 Å².